The van der Waals surface area contributed by atoms with E-state index in [1.165, 1.54) is 64.5 Å². The number of nitrogens with one attached hydrogen (secondary N) is 1. The van der Waals surface area contributed by atoms with Gasteiger partial charge in [0.2, 0.25) is 5.43 Å². The summed E-state index contributed by atoms with van der Waals surface area (Å²) in [5.74, 6) is 0.00254. The molecule has 0 atom stereocenters. The maximum atomic E-state index is 13.5. The molecule has 0 spiro atoms. The third kappa shape index (κ3) is 5.56. The second kappa shape index (κ2) is 10.6. The van der Waals surface area contributed by atoms with Crippen LogP contribution in [-0.4, -0.2) is 64.4 Å². The number of carbonyl (C=O) groups excluding carboxylic acids is 2. The van der Waals surface area contributed by atoms with E-state index >= 15 is 0 Å². The minimum absolute atomic E-state index is 0.122. The predicted octanol–water partition coefficient (Wildman–Crippen LogP) is 3.41. The number of pyridine rings is 1. The first-order valence-corrected chi connectivity index (χ1v) is 13.7. The molecule has 0 bridgehead atoms. The van der Waals surface area contributed by atoms with Gasteiger partial charge in [-0.3, -0.25) is 14.4 Å². The fourth-order valence-electron chi connectivity index (χ4n) is 6.10. The highest BCUT2D eigenvalue weighted by Crippen LogP contribution is 2.26. The van der Waals surface area contributed by atoms with Crippen molar-refractivity contribution in [1.82, 2.24) is 19.7 Å². The van der Waals surface area contributed by atoms with Crippen LogP contribution in [0, 0.1) is 5.92 Å². The zero-order valence-corrected chi connectivity index (χ0v) is 20.5. The first-order valence-electron chi connectivity index (χ1n) is 13.7. The summed E-state index contributed by atoms with van der Waals surface area (Å²) in [5, 5.41) is 2.95. The molecule has 1 N–H and O–H groups in total. The van der Waals surface area contributed by atoms with Crippen LogP contribution in [0.5, 0.6) is 0 Å². The summed E-state index contributed by atoms with van der Waals surface area (Å²) in [6, 6.07) is 0.717. The molecular formula is C27H40N4O3. The first-order chi connectivity index (χ1) is 16.6. The Hall–Kier alpha value is -2.15. The molecule has 0 unspecified atom stereocenters. The highest BCUT2D eigenvalue weighted by molar-refractivity contribution is 5.99. The maximum absolute atomic E-state index is 13.5. The second-order valence-electron chi connectivity index (χ2n) is 11.0. The van der Waals surface area contributed by atoms with Gasteiger partial charge >= 0.3 is 0 Å². The first kappa shape index (κ1) is 23.6. The van der Waals surface area contributed by atoms with Crippen LogP contribution in [-0.2, 0) is 6.54 Å². The van der Waals surface area contributed by atoms with Gasteiger partial charge < -0.3 is 19.7 Å². The van der Waals surface area contributed by atoms with Crippen molar-refractivity contribution in [2.75, 3.05) is 26.2 Å². The molecule has 4 fully saturated rings. The van der Waals surface area contributed by atoms with E-state index in [0.717, 1.165) is 32.2 Å². The number of amides is 2. The maximum Gasteiger partial charge on any atom is 0.259 e. The van der Waals surface area contributed by atoms with Crippen LogP contribution in [0.2, 0.25) is 0 Å². The molecule has 1 aromatic rings. The summed E-state index contributed by atoms with van der Waals surface area (Å²) in [4.78, 5) is 44.1. The summed E-state index contributed by atoms with van der Waals surface area (Å²) in [7, 11) is 0. The van der Waals surface area contributed by atoms with Gasteiger partial charge in [-0.05, 0) is 70.4 Å². The van der Waals surface area contributed by atoms with Gasteiger partial charge in [0.25, 0.3) is 11.8 Å². The van der Waals surface area contributed by atoms with Gasteiger partial charge in [0.05, 0.1) is 0 Å². The lowest BCUT2D eigenvalue weighted by molar-refractivity contribution is 0.0588. The monoisotopic (exact) mass is 468 g/mol. The smallest absolute Gasteiger partial charge is 0.259 e. The Morgan fingerprint density at radius 2 is 1.44 bits per heavy atom. The number of hydrogen-bond donors (Lipinski definition) is 1. The molecule has 2 saturated carbocycles. The fraction of sp³-hybridized carbons (Fsp3) is 0.741. The van der Waals surface area contributed by atoms with Crippen molar-refractivity contribution in [3.63, 3.8) is 0 Å². The van der Waals surface area contributed by atoms with E-state index in [1.807, 2.05) is 9.47 Å². The molecular weight excluding hydrogens is 428 g/mol. The molecule has 186 valence electrons. The quantitative estimate of drug-likeness (QED) is 0.694. The number of carbonyl (C=O) groups is 2. The highest BCUT2D eigenvalue weighted by Gasteiger charge is 2.31. The Balaban J connectivity index is 1.33. The molecule has 2 aliphatic carbocycles. The number of aromatic nitrogens is 1. The Kier molecular flexibility index (Phi) is 7.37. The van der Waals surface area contributed by atoms with Crippen molar-refractivity contribution in [3.8, 4) is 0 Å². The Bertz CT molecular complexity index is 934. The van der Waals surface area contributed by atoms with Crippen molar-refractivity contribution in [2.45, 2.75) is 95.7 Å². The Morgan fingerprint density at radius 3 is 2.12 bits per heavy atom. The van der Waals surface area contributed by atoms with Crippen molar-refractivity contribution >= 4 is 11.8 Å². The lowest BCUT2D eigenvalue weighted by Crippen LogP contribution is -2.49. The average Bonchev–Trinajstić information content (AvgIpc) is 3.70. The largest absolute Gasteiger partial charge is 0.352 e. The third-order valence-electron chi connectivity index (χ3n) is 8.32. The van der Waals surface area contributed by atoms with E-state index < -0.39 is 5.43 Å². The molecule has 4 aliphatic rings. The van der Waals surface area contributed by atoms with Gasteiger partial charge in [-0.1, -0.05) is 25.7 Å². The van der Waals surface area contributed by atoms with Gasteiger partial charge in [0.15, 0.2) is 0 Å². The molecule has 5 rings (SSSR count). The standard InChI is InChI=1S/C27H40N4O3/c32-25-23(26(33)28-21-9-10-21)18-29(17-20-7-3-1-4-8-20)19-24(25)27(34)31-15-11-22(12-16-31)30-13-5-2-6-14-30/h18-22H,1-17H2,(H,28,33). The minimum atomic E-state index is -0.416. The van der Waals surface area contributed by atoms with Crippen molar-refractivity contribution in [3.05, 3.63) is 33.7 Å². The fourth-order valence-corrected chi connectivity index (χ4v) is 6.10. The average molecular weight is 469 g/mol. The molecule has 2 amide bonds. The number of piperidine rings is 2. The highest BCUT2D eigenvalue weighted by atomic mass is 16.2. The van der Waals surface area contributed by atoms with Crippen molar-refractivity contribution < 1.29 is 9.59 Å². The molecule has 1 aromatic heterocycles. The molecule has 3 heterocycles. The van der Waals surface area contributed by atoms with Crippen LogP contribution in [0.25, 0.3) is 0 Å². The van der Waals surface area contributed by atoms with E-state index in [0.29, 0.717) is 25.0 Å². The zero-order chi connectivity index (χ0) is 23.5. The van der Waals surface area contributed by atoms with Crippen LogP contribution in [0.1, 0.15) is 97.8 Å². The predicted molar refractivity (Wildman–Crippen MR) is 132 cm³/mol. The molecule has 0 aromatic carbocycles. The number of likely N-dealkylation sites (tertiary alicyclic amines) is 2. The summed E-state index contributed by atoms with van der Waals surface area (Å²) in [6.45, 7) is 4.47. The number of nitrogens with zero attached hydrogens (tertiary/aromatic N) is 3. The summed E-state index contributed by atoms with van der Waals surface area (Å²) in [6.07, 6.45) is 17.2. The van der Waals surface area contributed by atoms with Crippen molar-refractivity contribution in [1.29, 1.82) is 0 Å². The van der Waals surface area contributed by atoms with Gasteiger partial charge in [0.1, 0.15) is 11.1 Å². The van der Waals surface area contributed by atoms with Crippen LogP contribution < -0.4 is 10.7 Å². The zero-order valence-electron chi connectivity index (χ0n) is 20.5. The molecule has 0 radical (unpaired) electrons. The minimum Gasteiger partial charge on any atom is -0.352 e. The third-order valence-corrected chi connectivity index (χ3v) is 8.32. The molecule has 7 heteroatoms. The van der Waals surface area contributed by atoms with E-state index in [4.69, 9.17) is 0 Å². The SMILES string of the molecule is O=C(NC1CC1)c1cn(CC2CCCCC2)cc(C(=O)N2CCC(N3CCCCC3)CC2)c1=O. The van der Waals surface area contributed by atoms with Crippen LogP contribution >= 0.6 is 0 Å². The normalized spacial score (nSPS) is 23.1. The number of rotatable bonds is 6. The lowest BCUT2D eigenvalue weighted by atomic mass is 9.89. The van der Waals surface area contributed by atoms with Crippen LogP contribution in [0.4, 0.5) is 0 Å². The Morgan fingerprint density at radius 1 is 0.794 bits per heavy atom. The topological polar surface area (TPSA) is 74.7 Å². The molecule has 2 aliphatic heterocycles. The summed E-state index contributed by atoms with van der Waals surface area (Å²) in [5.41, 5.74) is -0.131. The number of hydrogen-bond acceptors (Lipinski definition) is 4. The van der Waals surface area contributed by atoms with E-state index in [2.05, 4.69) is 10.2 Å². The van der Waals surface area contributed by atoms with Crippen LogP contribution in [0.3, 0.4) is 0 Å². The van der Waals surface area contributed by atoms with Crippen LogP contribution in [0.15, 0.2) is 17.2 Å². The van der Waals surface area contributed by atoms with Gasteiger partial charge in [-0.2, -0.15) is 0 Å². The molecule has 34 heavy (non-hydrogen) atoms. The molecule has 7 nitrogen and oxygen atoms in total. The Labute approximate surface area is 202 Å². The van der Waals surface area contributed by atoms with E-state index in [-0.39, 0.29) is 29.0 Å². The van der Waals surface area contributed by atoms with E-state index in [9.17, 15) is 14.4 Å². The summed E-state index contributed by atoms with van der Waals surface area (Å²) < 4.78 is 1.95. The second-order valence-corrected chi connectivity index (χ2v) is 11.0. The van der Waals surface area contributed by atoms with Gasteiger partial charge in [-0.15, -0.1) is 0 Å². The lowest BCUT2D eigenvalue weighted by Gasteiger charge is -2.40. The van der Waals surface area contributed by atoms with Gasteiger partial charge in [0, 0.05) is 44.1 Å². The van der Waals surface area contributed by atoms with E-state index in [1.54, 1.807) is 12.4 Å². The van der Waals surface area contributed by atoms with Crippen molar-refractivity contribution in [2.24, 2.45) is 5.92 Å². The molecule has 2 saturated heterocycles. The van der Waals surface area contributed by atoms with Gasteiger partial charge in [-0.25, -0.2) is 0 Å². The summed E-state index contributed by atoms with van der Waals surface area (Å²) >= 11 is 0.